The van der Waals surface area contributed by atoms with E-state index >= 15 is 0 Å². The van der Waals surface area contributed by atoms with Crippen molar-refractivity contribution in [3.63, 3.8) is 0 Å². The van der Waals surface area contributed by atoms with Crippen LogP contribution < -0.4 is 0 Å². The lowest BCUT2D eigenvalue weighted by Gasteiger charge is -2.30. The fourth-order valence-electron chi connectivity index (χ4n) is 2.51. The summed E-state index contributed by atoms with van der Waals surface area (Å²) in [4.78, 5) is 6.75. The van der Waals surface area contributed by atoms with Crippen LogP contribution in [0, 0.1) is 6.92 Å². The van der Waals surface area contributed by atoms with E-state index in [1.807, 2.05) is 6.92 Å². The van der Waals surface area contributed by atoms with Gasteiger partial charge in [-0.3, -0.25) is 4.90 Å². The number of phenolic OH excluding ortho intramolecular Hbond substituents is 1. The number of phenols is 1. The van der Waals surface area contributed by atoms with Gasteiger partial charge in [0.05, 0.1) is 6.61 Å². The average Bonchev–Trinajstić information content (AvgIpc) is 2.97. The van der Waals surface area contributed by atoms with E-state index in [0.29, 0.717) is 18.3 Å². The van der Waals surface area contributed by atoms with E-state index in [0.717, 1.165) is 30.8 Å². The Morgan fingerprint density at radius 2 is 2.29 bits per heavy atom. The van der Waals surface area contributed by atoms with Crippen LogP contribution in [-0.4, -0.2) is 46.4 Å². The Bertz CT molecular complexity index is 626. The van der Waals surface area contributed by atoms with Gasteiger partial charge in [0.2, 0.25) is 5.82 Å². The first kappa shape index (κ1) is 14.0. The SMILES string of the molecule is CCN1CCOC(c2noc(-c3ccc(O)cc3C)n2)C1. The van der Waals surface area contributed by atoms with Crippen LogP contribution >= 0.6 is 0 Å². The first-order valence-electron chi connectivity index (χ1n) is 7.15. The lowest BCUT2D eigenvalue weighted by Crippen LogP contribution is -2.38. The summed E-state index contributed by atoms with van der Waals surface area (Å²) in [5.41, 5.74) is 1.72. The van der Waals surface area contributed by atoms with E-state index in [9.17, 15) is 5.11 Å². The van der Waals surface area contributed by atoms with E-state index < -0.39 is 0 Å². The van der Waals surface area contributed by atoms with Gasteiger partial charge in [0.15, 0.2) is 0 Å². The Morgan fingerprint density at radius 3 is 3.05 bits per heavy atom. The summed E-state index contributed by atoms with van der Waals surface area (Å²) in [5.74, 6) is 1.26. The third-order valence-corrected chi connectivity index (χ3v) is 3.77. The number of benzene rings is 1. The van der Waals surface area contributed by atoms with Crippen LogP contribution in [0.5, 0.6) is 5.75 Å². The largest absolute Gasteiger partial charge is 0.508 e. The molecule has 0 radical (unpaired) electrons. The molecule has 1 aromatic heterocycles. The number of aryl methyl sites for hydroxylation is 1. The van der Waals surface area contributed by atoms with Crippen LogP contribution in [0.15, 0.2) is 22.7 Å². The third kappa shape index (κ3) is 2.91. The van der Waals surface area contributed by atoms with E-state index in [2.05, 4.69) is 22.0 Å². The van der Waals surface area contributed by atoms with Crippen LogP contribution in [0.3, 0.4) is 0 Å². The van der Waals surface area contributed by atoms with Gasteiger partial charge in [-0.05, 0) is 37.2 Å². The number of morpholine rings is 1. The number of hydrogen-bond acceptors (Lipinski definition) is 6. The Hall–Kier alpha value is -1.92. The molecule has 21 heavy (non-hydrogen) atoms. The number of likely N-dealkylation sites (N-methyl/N-ethyl adjacent to an activating group) is 1. The smallest absolute Gasteiger partial charge is 0.258 e. The molecule has 0 aliphatic carbocycles. The van der Waals surface area contributed by atoms with Gasteiger partial charge in [-0.2, -0.15) is 4.98 Å². The zero-order chi connectivity index (χ0) is 14.8. The molecule has 1 aliphatic heterocycles. The van der Waals surface area contributed by atoms with E-state index in [-0.39, 0.29) is 11.9 Å². The zero-order valence-corrected chi connectivity index (χ0v) is 12.2. The lowest BCUT2D eigenvalue weighted by atomic mass is 10.1. The highest BCUT2D eigenvalue weighted by Crippen LogP contribution is 2.27. The van der Waals surface area contributed by atoms with E-state index in [1.54, 1.807) is 18.2 Å². The molecule has 1 unspecified atom stereocenters. The normalized spacial score (nSPS) is 19.8. The molecule has 1 aromatic carbocycles. The number of aromatic hydroxyl groups is 1. The molecule has 0 saturated carbocycles. The van der Waals surface area contributed by atoms with E-state index in [1.165, 1.54) is 0 Å². The Morgan fingerprint density at radius 1 is 1.43 bits per heavy atom. The van der Waals surface area contributed by atoms with Gasteiger partial charge in [-0.1, -0.05) is 12.1 Å². The fourth-order valence-corrected chi connectivity index (χ4v) is 2.51. The monoisotopic (exact) mass is 289 g/mol. The summed E-state index contributed by atoms with van der Waals surface area (Å²) < 4.78 is 11.1. The maximum Gasteiger partial charge on any atom is 0.258 e. The highest BCUT2D eigenvalue weighted by atomic mass is 16.5. The number of nitrogens with zero attached hydrogens (tertiary/aromatic N) is 3. The Balaban J connectivity index is 1.83. The van der Waals surface area contributed by atoms with Gasteiger partial charge in [0.1, 0.15) is 11.9 Å². The van der Waals surface area contributed by atoms with Crippen LogP contribution in [-0.2, 0) is 4.74 Å². The molecule has 1 fully saturated rings. The zero-order valence-electron chi connectivity index (χ0n) is 12.2. The molecular weight excluding hydrogens is 270 g/mol. The van der Waals surface area contributed by atoms with Crippen molar-refractivity contribution in [1.82, 2.24) is 15.0 Å². The number of ether oxygens (including phenoxy) is 1. The Kier molecular flexibility index (Phi) is 3.90. The second-order valence-electron chi connectivity index (χ2n) is 5.21. The molecule has 1 aliphatic rings. The summed E-state index contributed by atoms with van der Waals surface area (Å²) in [6.45, 7) is 7.42. The van der Waals surface area contributed by atoms with Gasteiger partial charge in [-0.25, -0.2) is 0 Å². The first-order valence-corrected chi connectivity index (χ1v) is 7.15. The van der Waals surface area contributed by atoms with Crippen LogP contribution in [0.1, 0.15) is 24.4 Å². The van der Waals surface area contributed by atoms with Crippen molar-refractivity contribution in [2.24, 2.45) is 0 Å². The summed E-state index contributed by atoms with van der Waals surface area (Å²) in [6, 6.07) is 5.07. The van der Waals surface area contributed by atoms with Crippen molar-refractivity contribution in [2.75, 3.05) is 26.2 Å². The molecule has 0 amide bonds. The van der Waals surface area contributed by atoms with Gasteiger partial charge >= 0.3 is 0 Å². The summed E-state index contributed by atoms with van der Waals surface area (Å²) in [6.07, 6.45) is -0.145. The standard InChI is InChI=1S/C15H19N3O3/c1-3-18-6-7-20-13(9-18)14-16-15(21-17-14)12-5-4-11(19)8-10(12)2/h4-5,8,13,19H,3,6-7,9H2,1-2H3. The van der Waals surface area contributed by atoms with Gasteiger partial charge in [-0.15, -0.1) is 0 Å². The predicted octanol–water partition coefficient (Wildman–Crippen LogP) is 2.14. The molecule has 1 saturated heterocycles. The molecular formula is C15H19N3O3. The molecule has 1 N–H and O–H groups in total. The lowest BCUT2D eigenvalue weighted by molar-refractivity contribution is -0.0334. The maximum atomic E-state index is 9.46. The molecule has 0 bridgehead atoms. The minimum atomic E-state index is -0.145. The molecule has 6 nitrogen and oxygen atoms in total. The molecule has 112 valence electrons. The number of rotatable bonds is 3. The average molecular weight is 289 g/mol. The predicted molar refractivity (Wildman–Crippen MR) is 76.9 cm³/mol. The number of aromatic nitrogens is 2. The van der Waals surface area contributed by atoms with Crippen LogP contribution in [0.4, 0.5) is 0 Å². The van der Waals surface area contributed by atoms with E-state index in [4.69, 9.17) is 9.26 Å². The Labute approximate surface area is 123 Å². The molecule has 3 rings (SSSR count). The summed E-state index contributed by atoms with van der Waals surface area (Å²) in [7, 11) is 0. The molecule has 6 heteroatoms. The molecule has 2 heterocycles. The summed E-state index contributed by atoms with van der Waals surface area (Å²) >= 11 is 0. The van der Waals surface area contributed by atoms with Gasteiger partial charge in [0.25, 0.3) is 5.89 Å². The maximum absolute atomic E-state index is 9.46. The van der Waals surface area contributed by atoms with Crippen molar-refractivity contribution in [3.05, 3.63) is 29.6 Å². The second kappa shape index (κ2) is 5.83. The second-order valence-corrected chi connectivity index (χ2v) is 5.21. The van der Waals surface area contributed by atoms with Crippen LogP contribution in [0.2, 0.25) is 0 Å². The van der Waals surface area contributed by atoms with Crippen molar-refractivity contribution < 1.29 is 14.4 Å². The van der Waals surface area contributed by atoms with Crippen molar-refractivity contribution >= 4 is 0 Å². The topological polar surface area (TPSA) is 71.6 Å². The van der Waals surface area contributed by atoms with Gasteiger partial charge in [0, 0.05) is 18.7 Å². The molecule has 2 aromatic rings. The van der Waals surface area contributed by atoms with Crippen molar-refractivity contribution in [2.45, 2.75) is 20.0 Å². The van der Waals surface area contributed by atoms with Crippen molar-refractivity contribution in [1.29, 1.82) is 0 Å². The summed E-state index contributed by atoms with van der Waals surface area (Å²) in [5, 5.41) is 13.5. The quantitative estimate of drug-likeness (QED) is 0.933. The third-order valence-electron chi connectivity index (χ3n) is 3.77. The number of hydrogen-bond donors (Lipinski definition) is 1. The fraction of sp³-hybridized carbons (Fsp3) is 0.467. The van der Waals surface area contributed by atoms with Gasteiger partial charge < -0.3 is 14.4 Å². The highest BCUT2D eigenvalue weighted by Gasteiger charge is 2.25. The first-order chi connectivity index (χ1) is 10.2. The van der Waals surface area contributed by atoms with Crippen LogP contribution in [0.25, 0.3) is 11.5 Å². The highest BCUT2D eigenvalue weighted by molar-refractivity contribution is 5.59. The molecule has 1 atom stereocenters. The molecule has 0 spiro atoms. The minimum Gasteiger partial charge on any atom is -0.508 e. The minimum absolute atomic E-state index is 0.145. The van der Waals surface area contributed by atoms with Crippen molar-refractivity contribution in [3.8, 4) is 17.2 Å².